The summed E-state index contributed by atoms with van der Waals surface area (Å²) in [5.41, 5.74) is 0. The van der Waals surface area contributed by atoms with Crippen LogP contribution in [-0.2, 0) is 0 Å². The van der Waals surface area contributed by atoms with Gasteiger partial charge in [-0.3, -0.25) is 0 Å². The monoisotopic (exact) mass is 179 g/mol. The second-order valence-corrected chi connectivity index (χ2v) is 3.17. The summed E-state index contributed by atoms with van der Waals surface area (Å²) in [5.74, 6) is 0.606. The zero-order valence-electron chi connectivity index (χ0n) is 7.04. The largest absolute Gasteiger partial charge is 0.465 e. The molecule has 1 N–H and O–H groups in total. The van der Waals surface area contributed by atoms with Gasteiger partial charge in [-0.1, -0.05) is 13.8 Å². The van der Waals surface area contributed by atoms with Crippen LogP contribution in [0, 0.1) is 5.92 Å². The van der Waals surface area contributed by atoms with Crippen molar-refractivity contribution in [3.05, 3.63) is 0 Å². The highest BCUT2D eigenvalue weighted by Gasteiger charge is 2.20. The summed E-state index contributed by atoms with van der Waals surface area (Å²) < 4.78 is 0. The molecule has 0 aromatic heterocycles. The van der Waals surface area contributed by atoms with E-state index in [0.717, 1.165) is 0 Å². The zero-order valence-corrected chi connectivity index (χ0v) is 7.80. The summed E-state index contributed by atoms with van der Waals surface area (Å²) >= 11 is 5.60. The Bertz CT molecular complexity index is 138. The van der Waals surface area contributed by atoms with Crippen molar-refractivity contribution in [1.82, 2.24) is 4.90 Å². The van der Waals surface area contributed by atoms with E-state index < -0.39 is 6.09 Å². The minimum Gasteiger partial charge on any atom is -0.465 e. The van der Waals surface area contributed by atoms with Gasteiger partial charge in [-0.2, -0.15) is 0 Å². The van der Waals surface area contributed by atoms with Crippen LogP contribution in [-0.4, -0.2) is 35.1 Å². The van der Waals surface area contributed by atoms with E-state index in [2.05, 4.69) is 0 Å². The van der Waals surface area contributed by atoms with Gasteiger partial charge in [0.05, 0.1) is 6.04 Å². The van der Waals surface area contributed by atoms with Crippen LogP contribution in [0.15, 0.2) is 0 Å². The lowest BCUT2D eigenvalue weighted by Gasteiger charge is -2.26. The first kappa shape index (κ1) is 10.6. The van der Waals surface area contributed by atoms with Crippen LogP contribution >= 0.6 is 11.6 Å². The predicted octanol–water partition coefficient (Wildman–Crippen LogP) is 1.86. The van der Waals surface area contributed by atoms with Crippen LogP contribution in [0.1, 0.15) is 13.8 Å². The molecule has 0 spiro atoms. The van der Waals surface area contributed by atoms with Gasteiger partial charge in [0.1, 0.15) is 0 Å². The third-order valence-electron chi connectivity index (χ3n) is 1.73. The number of carbonyl (C=O) groups is 1. The molecule has 0 heterocycles. The summed E-state index contributed by atoms with van der Waals surface area (Å²) in [5, 5.41) is 8.60. The standard InChI is InChI=1S/C7H14ClNO2/c1-5(2)6(4-8)9(3)7(10)11/h5-6H,4H2,1-3H3,(H,10,11). The fourth-order valence-electron chi connectivity index (χ4n) is 0.871. The van der Waals surface area contributed by atoms with E-state index in [9.17, 15) is 4.79 Å². The van der Waals surface area contributed by atoms with Gasteiger partial charge in [0, 0.05) is 12.9 Å². The van der Waals surface area contributed by atoms with Crippen molar-refractivity contribution in [2.24, 2.45) is 5.92 Å². The lowest BCUT2D eigenvalue weighted by atomic mass is 10.1. The molecule has 0 aromatic rings. The third-order valence-corrected chi connectivity index (χ3v) is 2.04. The van der Waals surface area contributed by atoms with Crippen molar-refractivity contribution in [2.75, 3.05) is 12.9 Å². The van der Waals surface area contributed by atoms with Crippen LogP contribution in [0.5, 0.6) is 0 Å². The fraction of sp³-hybridized carbons (Fsp3) is 0.857. The number of rotatable bonds is 3. The van der Waals surface area contributed by atoms with E-state index in [0.29, 0.717) is 5.88 Å². The molecule has 3 nitrogen and oxygen atoms in total. The Morgan fingerprint density at radius 1 is 1.64 bits per heavy atom. The van der Waals surface area contributed by atoms with Gasteiger partial charge in [-0.05, 0) is 5.92 Å². The van der Waals surface area contributed by atoms with Crippen molar-refractivity contribution < 1.29 is 9.90 Å². The van der Waals surface area contributed by atoms with E-state index in [1.807, 2.05) is 13.8 Å². The van der Waals surface area contributed by atoms with Crippen LogP contribution < -0.4 is 0 Å². The summed E-state index contributed by atoms with van der Waals surface area (Å²) in [6, 6.07) is -0.0887. The van der Waals surface area contributed by atoms with E-state index in [1.54, 1.807) is 0 Å². The van der Waals surface area contributed by atoms with E-state index >= 15 is 0 Å². The van der Waals surface area contributed by atoms with Crippen molar-refractivity contribution in [3.63, 3.8) is 0 Å². The number of halogens is 1. The molecule has 66 valence electrons. The number of nitrogens with zero attached hydrogens (tertiary/aromatic N) is 1. The normalized spacial score (nSPS) is 13.2. The molecule has 0 aliphatic rings. The van der Waals surface area contributed by atoms with E-state index in [4.69, 9.17) is 16.7 Å². The van der Waals surface area contributed by atoms with Crippen LogP contribution in [0.3, 0.4) is 0 Å². The van der Waals surface area contributed by atoms with E-state index in [1.165, 1.54) is 11.9 Å². The van der Waals surface area contributed by atoms with Crippen molar-refractivity contribution >= 4 is 17.7 Å². The third kappa shape index (κ3) is 2.97. The SMILES string of the molecule is CC(C)C(CCl)N(C)C(=O)O. The van der Waals surface area contributed by atoms with Crippen LogP contribution in [0.2, 0.25) is 0 Å². The summed E-state index contributed by atoms with van der Waals surface area (Å²) in [4.78, 5) is 11.7. The van der Waals surface area contributed by atoms with Crippen LogP contribution in [0.25, 0.3) is 0 Å². The highest BCUT2D eigenvalue weighted by atomic mass is 35.5. The lowest BCUT2D eigenvalue weighted by Crippen LogP contribution is -2.40. The lowest BCUT2D eigenvalue weighted by molar-refractivity contribution is 0.131. The molecule has 0 aromatic carbocycles. The van der Waals surface area contributed by atoms with Gasteiger partial charge >= 0.3 is 6.09 Å². The van der Waals surface area contributed by atoms with Gasteiger partial charge in [0.2, 0.25) is 0 Å². The Labute approximate surface area is 71.9 Å². The molecule has 0 saturated carbocycles. The Kier molecular flexibility index (Phi) is 4.26. The molecule has 0 fully saturated rings. The molecular weight excluding hydrogens is 166 g/mol. The molecule has 0 radical (unpaired) electrons. The second kappa shape index (κ2) is 4.44. The first-order chi connectivity index (χ1) is 5.00. The molecule has 0 bridgehead atoms. The maximum atomic E-state index is 10.5. The summed E-state index contributed by atoms with van der Waals surface area (Å²) in [6.45, 7) is 3.90. The van der Waals surface area contributed by atoms with Crippen molar-refractivity contribution in [2.45, 2.75) is 19.9 Å². The minimum absolute atomic E-state index is 0.0887. The minimum atomic E-state index is -0.927. The van der Waals surface area contributed by atoms with Crippen LogP contribution in [0.4, 0.5) is 4.79 Å². The van der Waals surface area contributed by atoms with Crippen molar-refractivity contribution in [1.29, 1.82) is 0 Å². The molecule has 11 heavy (non-hydrogen) atoms. The zero-order chi connectivity index (χ0) is 9.02. The smallest absolute Gasteiger partial charge is 0.407 e. The second-order valence-electron chi connectivity index (χ2n) is 2.86. The molecular formula is C7H14ClNO2. The maximum absolute atomic E-state index is 10.5. The van der Waals surface area contributed by atoms with Gasteiger partial charge in [-0.15, -0.1) is 11.6 Å². The number of amides is 1. The topological polar surface area (TPSA) is 40.5 Å². The van der Waals surface area contributed by atoms with Gasteiger partial charge < -0.3 is 10.0 Å². The van der Waals surface area contributed by atoms with E-state index in [-0.39, 0.29) is 12.0 Å². The molecule has 1 atom stereocenters. The average molecular weight is 180 g/mol. The van der Waals surface area contributed by atoms with Gasteiger partial charge in [0.25, 0.3) is 0 Å². The van der Waals surface area contributed by atoms with Gasteiger partial charge in [-0.25, -0.2) is 4.79 Å². The van der Waals surface area contributed by atoms with Gasteiger partial charge in [0.15, 0.2) is 0 Å². The molecule has 1 amide bonds. The quantitative estimate of drug-likeness (QED) is 0.672. The number of alkyl halides is 1. The number of carboxylic acid groups (broad SMARTS) is 1. The summed E-state index contributed by atoms with van der Waals surface area (Å²) in [6.07, 6.45) is -0.927. The summed E-state index contributed by atoms with van der Waals surface area (Å²) in [7, 11) is 1.54. The molecule has 0 rings (SSSR count). The Morgan fingerprint density at radius 3 is 2.18 bits per heavy atom. The molecule has 0 saturated heterocycles. The number of hydrogen-bond donors (Lipinski definition) is 1. The maximum Gasteiger partial charge on any atom is 0.407 e. The van der Waals surface area contributed by atoms with Crippen molar-refractivity contribution in [3.8, 4) is 0 Å². The number of hydrogen-bond acceptors (Lipinski definition) is 1. The predicted molar refractivity (Wildman–Crippen MR) is 45.1 cm³/mol. The fourth-order valence-corrected chi connectivity index (χ4v) is 1.43. The Hall–Kier alpha value is -0.440. The first-order valence-electron chi connectivity index (χ1n) is 3.52. The average Bonchev–Trinajstić information content (AvgIpc) is 1.88. The highest BCUT2D eigenvalue weighted by Crippen LogP contribution is 2.10. The Morgan fingerprint density at radius 2 is 2.09 bits per heavy atom. The highest BCUT2D eigenvalue weighted by molar-refractivity contribution is 6.18. The first-order valence-corrected chi connectivity index (χ1v) is 4.05. The molecule has 0 aliphatic heterocycles. The molecule has 1 unspecified atom stereocenters. The molecule has 0 aliphatic carbocycles. The molecule has 4 heteroatoms. The Balaban J connectivity index is 4.13.